The van der Waals surface area contributed by atoms with E-state index in [-0.39, 0.29) is 11.4 Å². The predicted octanol–water partition coefficient (Wildman–Crippen LogP) is 1.43. The maximum atomic E-state index is 11.5. The van der Waals surface area contributed by atoms with Crippen LogP contribution in [0.5, 0.6) is 0 Å². The summed E-state index contributed by atoms with van der Waals surface area (Å²) >= 11 is 0. The third kappa shape index (κ3) is 3.66. The summed E-state index contributed by atoms with van der Waals surface area (Å²) in [5, 5.41) is 6.23. The highest BCUT2D eigenvalue weighted by Gasteiger charge is 2.29. The first-order chi connectivity index (χ1) is 6.52. The van der Waals surface area contributed by atoms with Gasteiger partial charge in [-0.2, -0.15) is 0 Å². The predicted molar refractivity (Wildman–Crippen MR) is 58.2 cm³/mol. The van der Waals surface area contributed by atoms with Crippen LogP contribution in [0.1, 0.15) is 46.5 Å². The number of rotatable bonds is 4. The van der Waals surface area contributed by atoms with E-state index in [1.54, 1.807) is 0 Å². The maximum absolute atomic E-state index is 11.5. The van der Waals surface area contributed by atoms with E-state index >= 15 is 0 Å². The highest BCUT2D eigenvalue weighted by Crippen LogP contribution is 2.28. The summed E-state index contributed by atoms with van der Waals surface area (Å²) in [5.41, 5.74) is 0.0652. The normalized spacial score (nSPS) is 20.0. The molecule has 0 heterocycles. The molecule has 0 saturated heterocycles. The smallest absolute Gasteiger partial charge is 0.234 e. The van der Waals surface area contributed by atoms with Gasteiger partial charge in [0.2, 0.25) is 5.91 Å². The van der Waals surface area contributed by atoms with E-state index in [0.29, 0.717) is 12.6 Å². The van der Waals surface area contributed by atoms with Gasteiger partial charge < -0.3 is 10.6 Å². The van der Waals surface area contributed by atoms with Gasteiger partial charge in [0.15, 0.2) is 0 Å². The molecule has 82 valence electrons. The number of hydrogen-bond acceptors (Lipinski definition) is 2. The van der Waals surface area contributed by atoms with Crippen LogP contribution in [-0.2, 0) is 4.79 Å². The van der Waals surface area contributed by atoms with Crippen molar-refractivity contribution >= 4 is 5.91 Å². The molecule has 0 bridgehead atoms. The minimum Gasteiger partial charge on any atom is -0.350 e. The molecule has 1 amide bonds. The highest BCUT2D eigenvalue weighted by atomic mass is 16.2. The Bertz CT molecular complexity index is 195. The van der Waals surface area contributed by atoms with E-state index in [4.69, 9.17) is 0 Å². The van der Waals surface area contributed by atoms with E-state index in [2.05, 4.69) is 17.6 Å². The first-order valence-electron chi connectivity index (χ1n) is 5.56. The maximum Gasteiger partial charge on any atom is 0.234 e. The van der Waals surface area contributed by atoms with Crippen LogP contribution in [0.4, 0.5) is 0 Å². The lowest BCUT2D eigenvalue weighted by Gasteiger charge is -2.25. The van der Waals surface area contributed by atoms with E-state index in [9.17, 15) is 4.79 Å². The van der Waals surface area contributed by atoms with Gasteiger partial charge in [-0.3, -0.25) is 4.79 Å². The van der Waals surface area contributed by atoms with Crippen molar-refractivity contribution in [3.05, 3.63) is 0 Å². The molecule has 0 aliphatic heterocycles. The number of amides is 1. The third-order valence-electron chi connectivity index (χ3n) is 2.82. The Hall–Kier alpha value is -0.570. The van der Waals surface area contributed by atoms with Crippen molar-refractivity contribution in [2.24, 2.45) is 0 Å². The first-order valence-corrected chi connectivity index (χ1v) is 5.56. The second-order valence-corrected chi connectivity index (χ2v) is 4.85. The van der Waals surface area contributed by atoms with Gasteiger partial charge >= 0.3 is 0 Å². The number of carbonyl (C=O) groups is 1. The molecule has 0 atom stereocenters. The molecule has 0 unspecified atom stereocenters. The average molecular weight is 198 g/mol. The van der Waals surface area contributed by atoms with Crippen LogP contribution < -0.4 is 10.6 Å². The first kappa shape index (κ1) is 11.5. The zero-order valence-corrected chi connectivity index (χ0v) is 9.52. The fourth-order valence-corrected chi connectivity index (χ4v) is 1.96. The summed E-state index contributed by atoms with van der Waals surface area (Å²) in [5.74, 6) is 0.128. The Morgan fingerprint density at radius 1 is 1.36 bits per heavy atom. The quantitative estimate of drug-likeness (QED) is 0.717. The lowest BCUT2D eigenvalue weighted by molar-refractivity contribution is -0.122. The Kier molecular flexibility index (Phi) is 3.93. The van der Waals surface area contributed by atoms with Gasteiger partial charge in [-0.25, -0.2) is 0 Å². The topological polar surface area (TPSA) is 41.1 Å². The molecule has 1 aliphatic rings. The summed E-state index contributed by atoms with van der Waals surface area (Å²) < 4.78 is 0. The molecule has 1 saturated carbocycles. The Labute approximate surface area is 86.6 Å². The van der Waals surface area contributed by atoms with Gasteiger partial charge in [0, 0.05) is 11.6 Å². The van der Waals surface area contributed by atoms with Crippen LogP contribution in [0.3, 0.4) is 0 Å². The summed E-state index contributed by atoms with van der Waals surface area (Å²) in [6, 6.07) is 0.372. The second kappa shape index (κ2) is 4.78. The highest BCUT2D eigenvalue weighted by molar-refractivity contribution is 5.78. The largest absolute Gasteiger partial charge is 0.350 e. The van der Waals surface area contributed by atoms with Crippen molar-refractivity contribution in [3.63, 3.8) is 0 Å². The van der Waals surface area contributed by atoms with Gasteiger partial charge in [-0.05, 0) is 19.8 Å². The van der Waals surface area contributed by atoms with Gasteiger partial charge in [-0.15, -0.1) is 0 Å². The molecule has 1 rings (SSSR count). The molecule has 3 nitrogen and oxygen atoms in total. The fraction of sp³-hybridized carbons (Fsp3) is 0.909. The summed E-state index contributed by atoms with van der Waals surface area (Å²) in [6.45, 7) is 6.68. The summed E-state index contributed by atoms with van der Waals surface area (Å²) in [4.78, 5) is 11.5. The molecular weight excluding hydrogens is 176 g/mol. The van der Waals surface area contributed by atoms with Gasteiger partial charge in [-0.1, -0.05) is 26.7 Å². The summed E-state index contributed by atoms with van der Waals surface area (Å²) in [6.07, 6.45) is 4.74. The molecule has 0 aromatic carbocycles. The van der Waals surface area contributed by atoms with Crippen molar-refractivity contribution in [1.29, 1.82) is 0 Å². The van der Waals surface area contributed by atoms with E-state index < -0.39 is 0 Å². The standard InChI is InChI=1S/C11H22N2O/c1-9(2)12-8-10(14)13-11(3)6-4-5-7-11/h9,12H,4-8H2,1-3H3,(H,13,14). The number of hydrogen-bond donors (Lipinski definition) is 2. The minimum absolute atomic E-state index is 0.0652. The molecule has 0 aromatic heterocycles. The third-order valence-corrected chi connectivity index (χ3v) is 2.82. The van der Waals surface area contributed by atoms with Gasteiger partial charge in [0.1, 0.15) is 0 Å². The van der Waals surface area contributed by atoms with Crippen LogP contribution in [-0.4, -0.2) is 24.0 Å². The molecule has 0 spiro atoms. The summed E-state index contributed by atoms with van der Waals surface area (Å²) in [7, 11) is 0. The molecule has 0 radical (unpaired) electrons. The average Bonchev–Trinajstić information content (AvgIpc) is 2.48. The Morgan fingerprint density at radius 2 is 1.93 bits per heavy atom. The zero-order valence-electron chi connectivity index (χ0n) is 9.52. The zero-order chi connectivity index (χ0) is 10.6. The molecule has 14 heavy (non-hydrogen) atoms. The van der Waals surface area contributed by atoms with E-state index in [1.807, 2.05) is 13.8 Å². The van der Waals surface area contributed by atoms with Crippen LogP contribution in [0.2, 0.25) is 0 Å². The number of nitrogens with one attached hydrogen (secondary N) is 2. The second-order valence-electron chi connectivity index (χ2n) is 4.85. The van der Waals surface area contributed by atoms with E-state index in [1.165, 1.54) is 12.8 Å². The van der Waals surface area contributed by atoms with Crippen LogP contribution >= 0.6 is 0 Å². The SMILES string of the molecule is CC(C)NCC(=O)NC1(C)CCCC1. The minimum atomic E-state index is 0.0652. The molecule has 3 heteroatoms. The van der Waals surface area contributed by atoms with Crippen molar-refractivity contribution in [1.82, 2.24) is 10.6 Å². The van der Waals surface area contributed by atoms with Crippen LogP contribution in [0, 0.1) is 0 Å². The molecule has 1 fully saturated rings. The lowest BCUT2D eigenvalue weighted by atomic mass is 10.0. The van der Waals surface area contributed by atoms with Gasteiger partial charge in [0.25, 0.3) is 0 Å². The van der Waals surface area contributed by atoms with Crippen molar-refractivity contribution in [3.8, 4) is 0 Å². The van der Waals surface area contributed by atoms with Crippen LogP contribution in [0.15, 0.2) is 0 Å². The van der Waals surface area contributed by atoms with E-state index in [0.717, 1.165) is 12.8 Å². The molecule has 1 aliphatic carbocycles. The Morgan fingerprint density at radius 3 is 2.43 bits per heavy atom. The van der Waals surface area contributed by atoms with Gasteiger partial charge in [0.05, 0.1) is 6.54 Å². The molecule has 2 N–H and O–H groups in total. The number of carbonyl (C=O) groups excluding carboxylic acids is 1. The monoisotopic (exact) mass is 198 g/mol. The Balaban J connectivity index is 2.25. The van der Waals surface area contributed by atoms with Crippen LogP contribution in [0.25, 0.3) is 0 Å². The fourth-order valence-electron chi connectivity index (χ4n) is 1.96. The van der Waals surface area contributed by atoms with Crippen molar-refractivity contribution < 1.29 is 4.79 Å². The van der Waals surface area contributed by atoms with Crippen molar-refractivity contribution in [2.75, 3.05) is 6.54 Å². The lowest BCUT2D eigenvalue weighted by Crippen LogP contribution is -2.47. The molecule has 0 aromatic rings. The van der Waals surface area contributed by atoms with Crippen molar-refractivity contribution in [2.45, 2.75) is 58.0 Å². The molecular formula is C11H22N2O.